The third kappa shape index (κ3) is 0.825. The van der Waals surface area contributed by atoms with Crippen LogP contribution in [0.25, 0.3) is 0 Å². The van der Waals surface area contributed by atoms with Gasteiger partial charge >= 0.3 is 5.97 Å². The molecule has 0 aromatic rings. The molecule has 0 amide bonds. The van der Waals surface area contributed by atoms with E-state index in [4.69, 9.17) is 4.74 Å². The van der Waals surface area contributed by atoms with Crippen LogP contribution < -0.4 is 0 Å². The van der Waals surface area contributed by atoms with Crippen molar-refractivity contribution in [1.82, 2.24) is 0 Å². The van der Waals surface area contributed by atoms with Gasteiger partial charge in [0.15, 0.2) is 0 Å². The number of cyclic esters (lactones) is 1. The van der Waals surface area contributed by atoms with Gasteiger partial charge in [-0.2, -0.15) is 0 Å². The first-order valence-corrected chi connectivity index (χ1v) is 3.91. The van der Waals surface area contributed by atoms with Crippen molar-refractivity contribution in [2.45, 2.75) is 27.2 Å². The Balaban J connectivity index is 0.000000231. The topological polar surface area (TPSA) is 26.3 Å². The lowest BCUT2D eigenvalue weighted by Crippen LogP contribution is -2.08. The SMILES string of the molecule is CC.CC12CC1COC2=O. The van der Waals surface area contributed by atoms with Crippen molar-refractivity contribution in [3.63, 3.8) is 0 Å². The number of carbonyl (C=O) groups excluding carboxylic acids is 1. The van der Waals surface area contributed by atoms with E-state index in [0.29, 0.717) is 12.5 Å². The van der Waals surface area contributed by atoms with Gasteiger partial charge in [0.2, 0.25) is 0 Å². The molecule has 0 N–H and O–H groups in total. The number of hydrogen-bond acceptors (Lipinski definition) is 2. The van der Waals surface area contributed by atoms with Gasteiger partial charge in [0, 0.05) is 5.92 Å². The minimum atomic E-state index is -0.0417. The van der Waals surface area contributed by atoms with Crippen molar-refractivity contribution in [3.05, 3.63) is 0 Å². The Bertz CT molecular complexity index is 151. The molecular weight excluding hydrogens is 128 g/mol. The van der Waals surface area contributed by atoms with Gasteiger partial charge in [-0.1, -0.05) is 13.8 Å². The highest BCUT2D eigenvalue weighted by Crippen LogP contribution is 2.57. The van der Waals surface area contributed by atoms with Gasteiger partial charge in [-0.05, 0) is 13.3 Å². The maximum absolute atomic E-state index is 10.7. The lowest BCUT2D eigenvalue weighted by Gasteiger charge is -1.96. The number of ether oxygens (including phenoxy) is 1. The highest BCUT2D eigenvalue weighted by atomic mass is 16.5. The van der Waals surface area contributed by atoms with Crippen LogP contribution in [0.5, 0.6) is 0 Å². The Morgan fingerprint density at radius 1 is 1.60 bits per heavy atom. The largest absolute Gasteiger partial charge is 0.465 e. The summed E-state index contributed by atoms with van der Waals surface area (Å²) < 4.78 is 4.78. The lowest BCUT2D eigenvalue weighted by molar-refractivity contribution is -0.144. The molecule has 0 aromatic carbocycles. The third-order valence-corrected chi connectivity index (χ3v) is 2.29. The Morgan fingerprint density at radius 2 is 2.20 bits per heavy atom. The predicted octanol–water partition coefficient (Wildman–Crippen LogP) is 1.60. The summed E-state index contributed by atoms with van der Waals surface area (Å²) in [7, 11) is 0. The third-order valence-electron chi connectivity index (χ3n) is 2.29. The van der Waals surface area contributed by atoms with E-state index in [1.807, 2.05) is 20.8 Å². The summed E-state index contributed by atoms with van der Waals surface area (Å²) in [5, 5.41) is 0. The minimum Gasteiger partial charge on any atom is -0.465 e. The van der Waals surface area contributed by atoms with Crippen LogP contribution in [0, 0.1) is 11.3 Å². The highest BCUT2D eigenvalue weighted by Gasteiger charge is 2.62. The summed E-state index contributed by atoms with van der Waals surface area (Å²) in [6.07, 6.45) is 1.06. The monoisotopic (exact) mass is 142 g/mol. The van der Waals surface area contributed by atoms with Crippen LogP contribution in [0.4, 0.5) is 0 Å². The van der Waals surface area contributed by atoms with Gasteiger partial charge in [0.25, 0.3) is 0 Å². The summed E-state index contributed by atoms with van der Waals surface area (Å²) in [5.74, 6) is 0.581. The zero-order valence-corrected chi connectivity index (χ0v) is 6.81. The van der Waals surface area contributed by atoms with Gasteiger partial charge in [-0.25, -0.2) is 0 Å². The average Bonchev–Trinajstić information content (AvgIpc) is 2.56. The summed E-state index contributed by atoms with van der Waals surface area (Å²) in [4.78, 5) is 10.7. The summed E-state index contributed by atoms with van der Waals surface area (Å²) in [5.41, 5.74) is -0.0417. The molecule has 2 fully saturated rings. The van der Waals surface area contributed by atoms with Crippen molar-refractivity contribution in [1.29, 1.82) is 0 Å². The zero-order chi connectivity index (χ0) is 7.78. The van der Waals surface area contributed by atoms with E-state index in [2.05, 4.69) is 0 Å². The van der Waals surface area contributed by atoms with Crippen molar-refractivity contribution in [2.75, 3.05) is 6.61 Å². The first kappa shape index (κ1) is 7.58. The van der Waals surface area contributed by atoms with E-state index in [0.717, 1.165) is 6.42 Å². The molecule has 1 saturated carbocycles. The molecule has 1 aliphatic heterocycles. The van der Waals surface area contributed by atoms with E-state index in [1.54, 1.807) is 0 Å². The molecule has 2 heteroatoms. The number of esters is 1. The predicted molar refractivity (Wildman–Crippen MR) is 38.5 cm³/mol. The van der Waals surface area contributed by atoms with Crippen molar-refractivity contribution >= 4 is 5.97 Å². The standard InChI is InChI=1S/C6H8O2.C2H6/c1-6-2-4(6)3-8-5(6)7;1-2/h4H,2-3H2,1H3;1-2H3. The Labute approximate surface area is 61.6 Å². The molecule has 2 atom stereocenters. The van der Waals surface area contributed by atoms with Crippen LogP contribution >= 0.6 is 0 Å². The van der Waals surface area contributed by atoms with Gasteiger partial charge in [0.1, 0.15) is 0 Å². The molecule has 0 radical (unpaired) electrons. The van der Waals surface area contributed by atoms with E-state index in [-0.39, 0.29) is 11.4 Å². The number of carbonyl (C=O) groups is 1. The molecule has 0 bridgehead atoms. The van der Waals surface area contributed by atoms with E-state index < -0.39 is 0 Å². The van der Waals surface area contributed by atoms with E-state index >= 15 is 0 Å². The minimum absolute atomic E-state index is 0.0162. The molecule has 1 saturated heterocycles. The smallest absolute Gasteiger partial charge is 0.312 e. The van der Waals surface area contributed by atoms with Crippen LogP contribution in [0.3, 0.4) is 0 Å². The summed E-state index contributed by atoms with van der Waals surface area (Å²) in [6.45, 7) is 6.66. The van der Waals surface area contributed by atoms with E-state index in [1.165, 1.54) is 0 Å². The summed E-state index contributed by atoms with van der Waals surface area (Å²) >= 11 is 0. The number of fused-ring (bicyclic) bond motifs is 1. The quantitative estimate of drug-likeness (QED) is 0.480. The lowest BCUT2D eigenvalue weighted by atomic mass is 10.1. The van der Waals surface area contributed by atoms with Gasteiger partial charge in [-0.15, -0.1) is 0 Å². The second-order valence-electron chi connectivity index (χ2n) is 2.92. The Hall–Kier alpha value is -0.530. The second-order valence-corrected chi connectivity index (χ2v) is 2.92. The van der Waals surface area contributed by atoms with Crippen molar-refractivity contribution in [2.24, 2.45) is 11.3 Å². The molecule has 10 heavy (non-hydrogen) atoms. The Morgan fingerprint density at radius 3 is 2.30 bits per heavy atom. The fraction of sp³-hybridized carbons (Fsp3) is 0.875. The molecule has 2 unspecified atom stereocenters. The fourth-order valence-corrected chi connectivity index (χ4v) is 1.29. The Kier molecular flexibility index (Phi) is 1.71. The van der Waals surface area contributed by atoms with E-state index in [9.17, 15) is 4.79 Å². The zero-order valence-electron chi connectivity index (χ0n) is 6.81. The molecule has 2 rings (SSSR count). The van der Waals surface area contributed by atoms with Gasteiger partial charge in [-0.3, -0.25) is 4.79 Å². The van der Waals surface area contributed by atoms with Crippen LogP contribution in [-0.2, 0) is 9.53 Å². The molecule has 2 aliphatic rings. The second kappa shape index (κ2) is 2.26. The van der Waals surface area contributed by atoms with Crippen LogP contribution in [0.15, 0.2) is 0 Å². The fourth-order valence-electron chi connectivity index (χ4n) is 1.29. The number of rotatable bonds is 0. The molecule has 1 heterocycles. The molecular formula is C8H14O2. The van der Waals surface area contributed by atoms with Crippen LogP contribution in [0.2, 0.25) is 0 Å². The van der Waals surface area contributed by atoms with Gasteiger partial charge in [0.05, 0.1) is 12.0 Å². The molecule has 2 nitrogen and oxygen atoms in total. The molecule has 1 aliphatic carbocycles. The van der Waals surface area contributed by atoms with Gasteiger partial charge < -0.3 is 4.74 Å². The maximum Gasteiger partial charge on any atom is 0.312 e. The molecule has 58 valence electrons. The van der Waals surface area contributed by atoms with Crippen molar-refractivity contribution < 1.29 is 9.53 Å². The highest BCUT2D eigenvalue weighted by molar-refractivity contribution is 5.82. The molecule has 0 spiro atoms. The maximum atomic E-state index is 10.7. The molecule has 0 aromatic heterocycles. The average molecular weight is 142 g/mol. The summed E-state index contributed by atoms with van der Waals surface area (Å²) in [6, 6.07) is 0. The first-order valence-electron chi connectivity index (χ1n) is 3.91. The van der Waals surface area contributed by atoms with Crippen molar-refractivity contribution in [3.8, 4) is 0 Å². The first-order chi connectivity index (χ1) is 4.73. The van der Waals surface area contributed by atoms with Crippen LogP contribution in [0.1, 0.15) is 27.2 Å². The normalized spacial score (nSPS) is 41.1. The van der Waals surface area contributed by atoms with Crippen LogP contribution in [-0.4, -0.2) is 12.6 Å². The number of hydrogen-bond donors (Lipinski definition) is 0.